The molecule has 1 amide bonds. The van der Waals surface area contributed by atoms with Crippen molar-refractivity contribution in [1.29, 1.82) is 0 Å². The third kappa shape index (κ3) is 2.66. The zero-order chi connectivity index (χ0) is 10.7. The van der Waals surface area contributed by atoms with Crippen LogP contribution in [0.5, 0.6) is 0 Å². The van der Waals surface area contributed by atoms with Crippen LogP contribution in [0, 0.1) is 0 Å². The first-order chi connectivity index (χ1) is 7.25. The highest BCUT2D eigenvalue weighted by molar-refractivity contribution is 9.10. The summed E-state index contributed by atoms with van der Waals surface area (Å²) in [5.74, 6) is -0.228. The summed E-state index contributed by atoms with van der Waals surface area (Å²) in [6.45, 7) is 0.502. The summed E-state index contributed by atoms with van der Waals surface area (Å²) in [6, 6.07) is 3.49. The van der Waals surface area contributed by atoms with E-state index in [2.05, 4.69) is 30.9 Å². The lowest BCUT2D eigenvalue weighted by molar-refractivity contribution is 0.0942. The SMILES string of the molecule is O=C(NCc1cc(Br)cs1)c1ccon1. The molecule has 0 aliphatic carbocycles. The van der Waals surface area contributed by atoms with Crippen LogP contribution >= 0.6 is 27.3 Å². The summed E-state index contributed by atoms with van der Waals surface area (Å²) >= 11 is 4.93. The van der Waals surface area contributed by atoms with Gasteiger partial charge in [-0.15, -0.1) is 11.3 Å². The molecule has 0 spiro atoms. The minimum absolute atomic E-state index is 0.228. The summed E-state index contributed by atoms with van der Waals surface area (Å²) in [5, 5.41) is 8.25. The summed E-state index contributed by atoms with van der Waals surface area (Å²) in [6.07, 6.45) is 1.37. The van der Waals surface area contributed by atoms with Crippen LogP contribution in [0.15, 0.2) is 32.8 Å². The van der Waals surface area contributed by atoms with Crippen molar-refractivity contribution in [2.75, 3.05) is 0 Å². The lowest BCUT2D eigenvalue weighted by atomic mass is 10.4. The van der Waals surface area contributed by atoms with Crippen molar-refractivity contribution in [3.8, 4) is 0 Å². The van der Waals surface area contributed by atoms with Gasteiger partial charge < -0.3 is 9.84 Å². The fraction of sp³-hybridized carbons (Fsp3) is 0.111. The molecule has 2 aromatic rings. The maximum Gasteiger partial charge on any atom is 0.273 e. The third-order valence-corrected chi connectivity index (χ3v) is 3.41. The Morgan fingerprint density at radius 1 is 1.67 bits per heavy atom. The van der Waals surface area contributed by atoms with Crippen LogP contribution in [0.25, 0.3) is 0 Å². The zero-order valence-electron chi connectivity index (χ0n) is 7.57. The fourth-order valence-corrected chi connectivity index (χ4v) is 2.42. The number of amides is 1. The van der Waals surface area contributed by atoms with Crippen LogP contribution in [0.2, 0.25) is 0 Å². The number of rotatable bonds is 3. The topological polar surface area (TPSA) is 55.1 Å². The monoisotopic (exact) mass is 286 g/mol. The van der Waals surface area contributed by atoms with Crippen molar-refractivity contribution in [2.45, 2.75) is 6.54 Å². The van der Waals surface area contributed by atoms with E-state index < -0.39 is 0 Å². The molecule has 0 aliphatic rings. The molecule has 0 atom stereocenters. The Labute approximate surface area is 98.4 Å². The van der Waals surface area contributed by atoms with E-state index in [0.29, 0.717) is 12.2 Å². The average Bonchev–Trinajstić information content (AvgIpc) is 2.84. The van der Waals surface area contributed by atoms with Crippen molar-refractivity contribution in [1.82, 2.24) is 10.5 Å². The maximum atomic E-state index is 11.4. The van der Waals surface area contributed by atoms with Gasteiger partial charge in [-0.05, 0) is 22.0 Å². The molecule has 0 aliphatic heterocycles. The van der Waals surface area contributed by atoms with Crippen molar-refractivity contribution in [2.24, 2.45) is 0 Å². The molecule has 0 saturated heterocycles. The number of thiophene rings is 1. The van der Waals surface area contributed by atoms with Crippen LogP contribution in [-0.4, -0.2) is 11.1 Å². The molecule has 2 heterocycles. The Hall–Kier alpha value is -1.14. The first kappa shape index (κ1) is 10.4. The summed E-state index contributed by atoms with van der Waals surface area (Å²) in [7, 11) is 0. The number of aromatic nitrogens is 1. The van der Waals surface area contributed by atoms with Crippen LogP contribution in [0.3, 0.4) is 0 Å². The van der Waals surface area contributed by atoms with E-state index in [-0.39, 0.29) is 5.91 Å². The standard InChI is InChI=1S/C9H7BrN2O2S/c10-6-3-7(15-5-6)4-11-9(13)8-1-2-14-12-8/h1-3,5H,4H2,(H,11,13). The Balaban J connectivity index is 1.91. The molecule has 4 nitrogen and oxygen atoms in total. The van der Waals surface area contributed by atoms with E-state index in [1.165, 1.54) is 12.3 Å². The predicted molar refractivity (Wildman–Crippen MR) is 59.7 cm³/mol. The molecule has 78 valence electrons. The largest absolute Gasteiger partial charge is 0.364 e. The van der Waals surface area contributed by atoms with E-state index in [1.807, 2.05) is 11.4 Å². The molecule has 0 saturated carbocycles. The van der Waals surface area contributed by atoms with Gasteiger partial charge in [-0.2, -0.15) is 0 Å². The minimum Gasteiger partial charge on any atom is -0.364 e. The number of hydrogen-bond acceptors (Lipinski definition) is 4. The van der Waals surface area contributed by atoms with Crippen molar-refractivity contribution in [3.05, 3.63) is 38.8 Å². The van der Waals surface area contributed by atoms with Crippen molar-refractivity contribution >= 4 is 33.2 Å². The Morgan fingerprint density at radius 3 is 3.13 bits per heavy atom. The van der Waals surface area contributed by atoms with Crippen LogP contribution in [0.1, 0.15) is 15.4 Å². The lowest BCUT2D eigenvalue weighted by Gasteiger charge is -1.99. The van der Waals surface area contributed by atoms with E-state index in [1.54, 1.807) is 11.3 Å². The van der Waals surface area contributed by atoms with Crippen molar-refractivity contribution in [3.63, 3.8) is 0 Å². The van der Waals surface area contributed by atoms with Gasteiger partial charge in [0.15, 0.2) is 5.69 Å². The third-order valence-electron chi connectivity index (χ3n) is 1.72. The quantitative estimate of drug-likeness (QED) is 0.943. The Kier molecular flexibility index (Phi) is 3.17. The van der Waals surface area contributed by atoms with E-state index in [4.69, 9.17) is 0 Å². The highest BCUT2D eigenvalue weighted by Gasteiger charge is 2.08. The van der Waals surface area contributed by atoms with Gasteiger partial charge in [0.05, 0.1) is 6.54 Å². The fourth-order valence-electron chi connectivity index (χ4n) is 1.03. The summed E-state index contributed by atoms with van der Waals surface area (Å²) < 4.78 is 5.60. The van der Waals surface area contributed by atoms with Crippen LogP contribution in [0.4, 0.5) is 0 Å². The van der Waals surface area contributed by atoms with Gasteiger partial charge in [-0.3, -0.25) is 4.79 Å². The highest BCUT2D eigenvalue weighted by atomic mass is 79.9. The van der Waals surface area contributed by atoms with Gasteiger partial charge in [-0.25, -0.2) is 0 Å². The Bertz CT molecular complexity index is 452. The van der Waals surface area contributed by atoms with E-state index in [9.17, 15) is 4.79 Å². The van der Waals surface area contributed by atoms with E-state index in [0.717, 1.165) is 9.35 Å². The normalized spacial score (nSPS) is 10.2. The molecule has 0 fully saturated rings. The van der Waals surface area contributed by atoms with Crippen molar-refractivity contribution < 1.29 is 9.32 Å². The molecule has 6 heteroatoms. The molecule has 1 N–H and O–H groups in total. The number of hydrogen-bond donors (Lipinski definition) is 1. The molecular weight excluding hydrogens is 280 g/mol. The highest BCUT2D eigenvalue weighted by Crippen LogP contribution is 2.19. The molecule has 0 radical (unpaired) electrons. The minimum atomic E-state index is -0.228. The molecule has 0 aromatic carbocycles. The molecule has 15 heavy (non-hydrogen) atoms. The maximum absolute atomic E-state index is 11.4. The number of nitrogens with zero attached hydrogens (tertiary/aromatic N) is 1. The molecule has 0 unspecified atom stereocenters. The first-order valence-electron chi connectivity index (χ1n) is 4.17. The molecule has 2 rings (SSSR count). The van der Waals surface area contributed by atoms with Gasteiger partial charge in [0.2, 0.25) is 0 Å². The van der Waals surface area contributed by atoms with Gasteiger partial charge in [0.25, 0.3) is 5.91 Å². The van der Waals surface area contributed by atoms with Gasteiger partial charge in [-0.1, -0.05) is 5.16 Å². The van der Waals surface area contributed by atoms with Gasteiger partial charge >= 0.3 is 0 Å². The average molecular weight is 287 g/mol. The number of nitrogens with one attached hydrogen (secondary N) is 1. The summed E-state index contributed by atoms with van der Waals surface area (Å²) in [5.41, 5.74) is 0.297. The molecule has 0 bridgehead atoms. The zero-order valence-corrected chi connectivity index (χ0v) is 9.97. The summed E-state index contributed by atoms with van der Waals surface area (Å²) in [4.78, 5) is 12.5. The smallest absolute Gasteiger partial charge is 0.273 e. The van der Waals surface area contributed by atoms with Gasteiger partial charge in [0, 0.05) is 20.8 Å². The van der Waals surface area contributed by atoms with Crippen LogP contribution < -0.4 is 5.32 Å². The second-order valence-corrected chi connectivity index (χ2v) is 4.71. The number of halogens is 1. The van der Waals surface area contributed by atoms with E-state index >= 15 is 0 Å². The van der Waals surface area contributed by atoms with Crippen LogP contribution in [-0.2, 0) is 6.54 Å². The molecular formula is C9H7BrN2O2S. The number of carbonyl (C=O) groups is 1. The lowest BCUT2D eigenvalue weighted by Crippen LogP contribution is -2.22. The molecule has 2 aromatic heterocycles. The number of carbonyl (C=O) groups excluding carboxylic acids is 1. The first-order valence-corrected chi connectivity index (χ1v) is 5.84. The second kappa shape index (κ2) is 4.59. The van der Waals surface area contributed by atoms with Gasteiger partial charge in [0.1, 0.15) is 6.26 Å². The Morgan fingerprint density at radius 2 is 2.53 bits per heavy atom. The second-order valence-electron chi connectivity index (χ2n) is 2.80. The predicted octanol–water partition coefficient (Wildman–Crippen LogP) is 2.43.